The van der Waals surface area contributed by atoms with Crippen LogP contribution in [0.25, 0.3) is 0 Å². The Bertz CT molecular complexity index is 902. The van der Waals surface area contributed by atoms with Crippen LogP contribution in [-0.4, -0.2) is 15.2 Å². The quantitative estimate of drug-likeness (QED) is 0.734. The molecule has 0 fully saturated rings. The molecule has 2 aromatic carbocycles. The first-order valence-electron chi connectivity index (χ1n) is 7.25. The van der Waals surface area contributed by atoms with Gasteiger partial charge in [-0.25, -0.2) is 0 Å². The molecule has 0 unspecified atom stereocenters. The van der Waals surface area contributed by atoms with Crippen LogP contribution in [0.5, 0.6) is 0 Å². The lowest BCUT2D eigenvalue weighted by atomic mass is 10.1. The molecule has 0 aliphatic carbocycles. The second kappa shape index (κ2) is 7.03. The molecule has 0 saturated carbocycles. The Morgan fingerprint density at radius 1 is 1.04 bits per heavy atom. The lowest BCUT2D eigenvalue weighted by molar-refractivity contribution is 0.874. The van der Waals surface area contributed by atoms with Gasteiger partial charge in [0.05, 0.1) is 15.7 Å². The lowest BCUT2D eigenvalue weighted by Gasteiger charge is -2.09. The maximum absolute atomic E-state index is 12.2. The summed E-state index contributed by atoms with van der Waals surface area (Å²) >= 11 is 12.2. The van der Waals surface area contributed by atoms with Gasteiger partial charge in [0, 0.05) is 6.42 Å². The molecule has 0 bridgehead atoms. The fourth-order valence-corrected chi connectivity index (χ4v) is 2.66. The summed E-state index contributed by atoms with van der Waals surface area (Å²) in [6, 6.07) is 13.0. The number of hydrogen-bond acceptors (Lipinski definition) is 4. The molecular weight excluding hydrogens is 347 g/mol. The highest BCUT2D eigenvalue weighted by Gasteiger charge is 2.10. The molecule has 3 aromatic rings. The van der Waals surface area contributed by atoms with Crippen molar-refractivity contribution in [3.8, 4) is 0 Å². The third-order valence-electron chi connectivity index (χ3n) is 3.46. The molecule has 0 aliphatic heterocycles. The predicted octanol–water partition coefficient (Wildman–Crippen LogP) is 4.11. The number of aryl methyl sites for hydroxylation is 1. The van der Waals surface area contributed by atoms with E-state index in [2.05, 4.69) is 20.5 Å². The second-order valence-corrected chi connectivity index (χ2v) is 6.15. The average Bonchev–Trinajstić information content (AvgIpc) is 2.55. The van der Waals surface area contributed by atoms with Crippen LogP contribution in [-0.2, 0) is 6.42 Å². The number of nitrogens with zero attached hydrogens (tertiary/aromatic N) is 2. The number of aromatic nitrogens is 3. The molecule has 0 atom stereocenters. The third-order valence-corrected chi connectivity index (χ3v) is 4.09. The number of halogens is 2. The van der Waals surface area contributed by atoms with E-state index in [4.69, 9.17) is 23.2 Å². The van der Waals surface area contributed by atoms with E-state index < -0.39 is 0 Å². The molecule has 24 heavy (non-hydrogen) atoms. The van der Waals surface area contributed by atoms with Crippen molar-refractivity contribution in [1.29, 1.82) is 0 Å². The molecule has 5 nitrogen and oxygen atoms in total. The van der Waals surface area contributed by atoms with E-state index in [9.17, 15) is 4.79 Å². The fourth-order valence-electron chi connectivity index (χ4n) is 2.17. The van der Waals surface area contributed by atoms with Gasteiger partial charge in [-0.15, -0.1) is 10.2 Å². The van der Waals surface area contributed by atoms with Gasteiger partial charge in [-0.1, -0.05) is 59.1 Å². The van der Waals surface area contributed by atoms with Crippen LogP contribution < -0.4 is 10.9 Å². The van der Waals surface area contributed by atoms with E-state index in [0.717, 1.165) is 11.1 Å². The van der Waals surface area contributed by atoms with Crippen molar-refractivity contribution < 1.29 is 0 Å². The van der Waals surface area contributed by atoms with Gasteiger partial charge in [-0.3, -0.25) is 9.78 Å². The SMILES string of the molecule is Cc1ccc(Cc2nnc(Nc3c(Cl)cccc3Cl)[nH]c2=O)cc1. The van der Waals surface area contributed by atoms with E-state index >= 15 is 0 Å². The molecule has 1 aromatic heterocycles. The summed E-state index contributed by atoms with van der Waals surface area (Å²) in [4.78, 5) is 14.9. The third kappa shape index (κ3) is 3.75. The zero-order valence-corrected chi connectivity index (χ0v) is 14.3. The summed E-state index contributed by atoms with van der Waals surface area (Å²) in [5, 5.41) is 11.7. The zero-order valence-electron chi connectivity index (χ0n) is 12.8. The first-order chi connectivity index (χ1) is 11.5. The monoisotopic (exact) mass is 360 g/mol. The van der Waals surface area contributed by atoms with Gasteiger partial charge in [0.1, 0.15) is 5.69 Å². The number of hydrogen-bond donors (Lipinski definition) is 2. The van der Waals surface area contributed by atoms with Crippen LogP contribution >= 0.6 is 23.2 Å². The van der Waals surface area contributed by atoms with E-state index in [0.29, 0.717) is 27.8 Å². The van der Waals surface area contributed by atoms with Gasteiger partial charge in [0.25, 0.3) is 5.56 Å². The van der Waals surface area contributed by atoms with E-state index in [1.165, 1.54) is 0 Å². The number of anilines is 2. The van der Waals surface area contributed by atoms with Crippen molar-refractivity contribution in [2.45, 2.75) is 13.3 Å². The largest absolute Gasteiger partial charge is 0.322 e. The summed E-state index contributed by atoms with van der Waals surface area (Å²) in [5.41, 5.74) is 2.66. The van der Waals surface area contributed by atoms with E-state index in [-0.39, 0.29) is 11.5 Å². The van der Waals surface area contributed by atoms with Gasteiger partial charge in [0.2, 0.25) is 5.95 Å². The molecule has 7 heteroatoms. The van der Waals surface area contributed by atoms with Gasteiger partial charge < -0.3 is 5.32 Å². The van der Waals surface area contributed by atoms with Gasteiger partial charge >= 0.3 is 0 Å². The molecule has 1 heterocycles. The first-order valence-corrected chi connectivity index (χ1v) is 8.01. The highest BCUT2D eigenvalue weighted by atomic mass is 35.5. The summed E-state index contributed by atoms with van der Waals surface area (Å²) in [7, 11) is 0. The minimum Gasteiger partial charge on any atom is -0.322 e. The Kier molecular flexibility index (Phi) is 4.83. The van der Waals surface area contributed by atoms with E-state index in [1.807, 2.05) is 31.2 Å². The minimum atomic E-state index is -0.309. The molecule has 0 saturated heterocycles. The molecule has 0 spiro atoms. The Morgan fingerprint density at radius 2 is 1.71 bits per heavy atom. The number of benzene rings is 2. The zero-order chi connectivity index (χ0) is 17.1. The normalized spacial score (nSPS) is 10.6. The molecule has 0 radical (unpaired) electrons. The smallest absolute Gasteiger partial charge is 0.274 e. The molecule has 122 valence electrons. The van der Waals surface area contributed by atoms with Gasteiger partial charge in [-0.05, 0) is 24.6 Å². The molecule has 3 rings (SSSR count). The van der Waals surface area contributed by atoms with Crippen molar-refractivity contribution in [1.82, 2.24) is 15.2 Å². The Balaban J connectivity index is 1.82. The number of para-hydroxylation sites is 1. The summed E-state index contributed by atoms with van der Waals surface area (Å²) in [6.07, 6.45) is 0.412. The molecule has 0 amide bonds. The van der Waals surface area contributed by atoms with Crippen LogP contribution in [0.4, 0.5) is 11.6 Å². The van der Waals surface area contributed by atoms with Gasteiger partial charge in [-0.2, -0.15) is 0 Å². The molecule has 2 N–H and O–H groups in total. The Labute approximate surface area is 148 Å². The first kappa shape index (κ1) is 16.5. The highest BCUT2D eigenvalue weighted by Crippen LogP contribution is 2.31. The highest BCUT2D eigenvalue weighted by molar-refractivity contribution is 6.39. The standard InChI is InChI=1S/C17H14Cl2N4O/c1-10-5-7-11(8-6-10)9-14-16(24)21-17(23-22-14)20-15-12(18)3-2-4-13(15)19/h2-8H,9H2,1H3,(H2,20,21,23,24). The van der Waals surface area contributed by atoms with Crippen LogP contribution in [0.2, 0.25) is 10.0 Å². The topological polar surface area (TPSA) is 70.7 Å². The number of nitrogens with one attached hydrogen (secondary N) is 2. The minimum absolute atomic E-state index is 0.183. The second-order valence-electron chi connectivity index (χ2n) is 5.33. The molecular formula is C17H14Cl2N4O. The van der Waals surface area contributed by atoms with Gasteiger partial charge in [0.15, 0.2) is 0 Å². The van der Waals surface area contributed by atoms with Crippen LogP contribution in [0.15, 0.2) is 47.3 Å². The van der Waals surface area contributed by atoms with Crippen LogP contribution in [0.3, 0.4) is 0 Å². The average molecular weight is 361 g/mol. The Morgan fingerprint density at radius 3 is 2.33 bits per heavy atom. The van der Waals surface area contributed by atoms with Crippen molar-refractivity contribution in [2.75, 3.05) is 5.32 Å². The Hall–Kier alpha value is -2.37. The summed E-state index contributed by atoms with van der Waals surface area (Å²) in [5.74, 6) is 0.183. The number of H-pyrrole nitrogens is 1. The summed E-state index contributed by atoms with van der Waals surface area (Å²) < 4.78 is 0. The van der Waals surface area contributed by atoms with Crippen LogP contribution in [0.1, 0.15) is 16.8 Å². The number of aromatic amines is 1. The van der Waals surface area contributed by atoms with Crippen molar-refractivity contribution in [3.63, 3.8) is 0 Å². The molecule has 0 aliphatic rings. The van der Waals surface area contributed by atoms with Crippen molar-refractivity contribution in [2.24, 2.45) is 0 Å². The summed E-state index contributed by atoms with van der Waals surface area (Å²) in [6.45, 7) is 2.01. The number of rotatable bonds is 4. The van der Waals surface area contributed by atoms with Crippen molar-refractivity contribution in [3.05, 3.63) is 79.7 Å². The van der Waals surface area contributed by atoms with E-state index in [1.54, 1.807) is 18.2 Å². The van der Waals surface area contributed by atoms with Crippen LogP contribution in [0, 0.1) is 6.92 Å². The fraction of sp³-hybridized carbons (Fsp3) is 0.118. The lowest BCUT2D eigenvalue weighted by Crippen LogP contribution is -2.19. The van der Waals surface area contributed by atoms with Crippen molar-refractivity contribution >= 4 is 34.8 Å². The maximum atomic E-state index is 12.2. The predicted molar refractivity (Wildman–Crippen MR) is 96.4 cm³/mol. The maximum Gasteiger partial charge on any atom is 0.274 e.